The maximum absolute atomic E-state index is 11.6. The summed E-state index contributed by atoms with van der Waals surface area (Å²) in [6, 6.07) is 12.7. The maximum atomic E-state index is 11.6. The molecule has 2 N–H and O–H groups in total. The molecule has 1 aromatic heterocycles. The van der Waals surface area contributed by atoms with Crippen molar-refractivity contribution < 1.29 is 18.7 Å². The number of nitrogens with one attached hydrogen (secondary N) is 2. The van der Waals surface area contributed by atoms with Crippen LogP contribution in [0.1, 0.15) is 12.2 Å². The van der Waals surface area contributed by atoms with Crippen molar-refractivity contribution >= 4 is 17.9 Å². The first-order chi connectivity index (χ1) is 11.7. The highest BCUT2D eigenvalue weighted by molar-refractivity contribution is 5.91. The monoisotopic (exact) mass is 328 g/mol. The van der Waals surface area contributed by atoms with Crippen molar-refractivity contribution in [1.82, 2.24) is 10.6 Å². The van der Waals surface area contributed by atoms with Gasteiger partial charge in [0.2, 0.25) is 5.91 Å². The van der Waals surface area contributed by atoms with E-state index in [2.05, 4.69) is 10.6 Å². The van der Waals surface area contributed by atoms with E-state index in [0.717, 1.165) is 0 Å². The standard InChI is InChI=1S/C18H20N2O4/c21-17(10-9-16-8-4-13-23-16)19-11-5-12-20-18(22)14-24-15-6-2-1-3-7-15/h1-4,6-10,13H,5,11-12,14H2,(H,19,21)(H,20,22). The van der Waals surface area contributed by atoms with Crippen LogP contribution in [0, 0.1) is 0 Å². The smallest absolute Gasteiger partial charge is 0.257 e. The second-order valence-corrected chi connectivity index (χ2v) is 4.95. The largest absolute Gasteiger partial charge is 0.484 e. The van der Waals surface area contributed by atoms with Crippen molar-refractivity contribution in [2.45, 2.75) is 6.42 Å². The number of furan rings is 1. The van der Waals surface area contributed by atoms with Crippen LogP contribution in [-0.2, 0) is 9.59 Å². The Kier molecular flexibility index (Phi) is 7.14. The molecule has 1 aromatic carbocycles. The highest BCUT2D eigenvalue weighted by Crippen LogP contribution is 2.07. The van der Waals surface area contributed by atoms with Crippen molar-refractivity contribution in [1.29, 1.82) is 0 Å². The molecule has 0 fully saturated rings. The molecular formula is C18H20N2O4. The van der Waals surface area contributed by atoms with Crippen molar-refractivity contribution in [2.24, 2.45) is 0 Å². The SMILES string of the molecule is O=C(C=Cc1ccco1)NCCCNC(=O)COc1ccccc1. The second-order valence-electron chi connectivity index (χ2n) is 4.95. The first-order valence-corrected chi connectivity index (χ1v) is 7.68. The molecule has 0 saturated carbocycles. The molecule has 2 aromatic rings. The van der Waals surface area contributed by atoms with Gasteiger partial charge in [-0.05, 0) is 36.8 Å². The fraction of sp³-hybridized carbons (Fsp3) is 0.222. The zero-order chi connectivity index (χ0) is 17.0. The van der Waals surface area contributed by atoms with Crippen LogP contribution in [0.2, 0.25) is 0 Å². The van der Waals surface area contributed by atoms with E-state index in [0.29, 0.717) is 31.0 Å². The molecule has 0 aliphatic rings. The van der Waals surface area contributed by atoms with Crippen LogP contribution >= 0.6 is 0 Å². The zero-order valence-electron chi connectivity index (χ0n) is 13.2. The molecule has 6 heteroatoms. The molecule has 1 heterocycles. The fourth-order valence-electron chi connectivity index (χ4n) is 1.85. The molecule has 2 amide bonds. The number of benzene rings is 1. The van der Waals surface area contributed by atoms with E-state index in [4.69, 9.17) is 9.15 Å². The number of hydrogen-bond donors (Lipinski definition) is 2. The number of carbonyl (C=O) groups excluding carboxylic acids is 2. The molecule has 6 nitrogen and oxygen atoms in total. The Hall–Kier alpha value is -3.02. The molecule has 0 spiro atoms. The molecule has 0 radical (unpaired) electrons. The van der Waals surface area contributed by atoms with Crippen molar-refractivity contribution in [3.63, 3.8) is 0 Å². The Morgan fingerprint density at radius 2 is 1.83 bits per heavy atom. The molecule has 0 aliphatic carbocycles. The Bertz CT molecular complexity index is 651. The molecule has 126 valence electrons. The first kappa shape index (κ1) is 17.3. The summed E-state index contributed by atoms with van der Waals surface area (Å²) >= 11 is 0. The van der Waals surface area contributed by atoms with Crippen LogP contribution in [0.5, 0.6) is 5.75 Å². The number of carbonyl (C=O) groups is 2. The zero-order valence-corrected chi connectivity index (χ0v) is 13.2. The molecular weight excluding hydrogens is 308 g/mol. The highest BCUT2D eigenvalue weighted by atomic mass is 16.5. The average molecular weight is 328 g/mol. The van der Waals surface area contributed by atoms with E-state index >= 15 is 0 Å². The van der Waals surface area contributed by atoms with Crippen LogP contribution in [0.25, 0.3) is 6.08 Å². The normalized spacial score (nSPS) is 10.5. The van der Waals surface area contributed by atoms with Crippen LogP contribution < -0.4 is 15.4 Å². The third kappa shape index (κ3) is 6.83. The van der Waals surface area contributed by atoms with Gasteiger partial charge in [0, 0.05) is 19.2 Å². The summed E-state index contributed by atoms with van der Waals surface area (Å²) in [6.07, 6.45) is 5.18. The molecule has 2 rings (SSSR count). The van der Waals surface area contributed by atoms with E-state index in [1.807, 2.05) is 18.2 Å². The van der Waals surface area contributed by atoms with E-state index < -0.39 is 0 Å². The van der Waals surface area contributed by atoms with Gasteiger partial charge in [-0.1, -0.05) is 18.2 Å². The summed E-state index contributed by atoms with van der Waals surface area (Å²) in [5.74, 6) is 0.882. The van der Waals surface area contributed by atoms with E-state index in [-0.39, 0.29) is 18.4 Å². The number of para-hydroxylation sites is 1. The molecule has 0 aliphatic heterocycles. The van der Waals surface area contributed by atoms with Crippen LogP contribution in [0.4, 0.5) is 0 Å². The molecule has 0 saturated heterocycles. The molecule has 24 heavy (non-hydrogen) atoms. The topological polar surface area (TPSA) is 80.6 Å². The van der Waals surface area contributed by atoms with Crippen molar-refractivity contribution in [3.05, 3.63) is 60.6 Å². The highest BCUT2D eigenvalue weighted by Gasteiger charge is 2.02. The first-order valence-electron chi connectivity index (χ1n) is 7.68. The van der Waals surface area contributed by atoms with Crippen LogP contribution in [0.15, 0.2) is 59.2 Å². The number of rotatable bonds is 9. The van der Waals surface area contributed by atoms with Crippen LogP contribution in [-0.4, -0.2) is 31.5 Å². The number of ether oxygens (including phenoxy) is 1. The fourth-order valence-corrected chi connectivity index (χ4v) is 1.85. The van der Waals surface area contributed by atoms with Gasteiger partial charge in [0.25, 0.3) is 5.91 Å². The minimum absolute atomic E-state index is 0.0255. The van der Waals surface area contributed by atoms with Gasteiger partial charge in [0.15, 0.2) is 6.61 Å². The van der Waals surface area contributed by atoms with Gasteiger partial charge in [-0.15, -0.1) is 0 Å². The van der Waals surface area contributed by atoms with Gasteiger partial charge in [0.05, 0.1) is 6.26 Å². The Morgan fingerprint density at radius 3 is 2.58 bits per heavy atom. The predicted octanol–water partition coefficient (Wildman–Crippen LogP) is 1.99. The molecule has 0 bridgehead atoms. The number of amides is 2. The summed E-state index contributed by atoms with van der Waals surface area (Å²) in [5.41, 5.74) is 0. The minimum atomic E-state index is -0.204. The van der Waals surface area contributed by atoms with Crippen LogP contribution in [0.3, 0.4) is 0 Å². The number of hydrogen-bond acceptors (Lipinski definition) is 4. The lowest BCUT2D eigenvalue weighted by Crippen LogP contribution is -2.32. The lowest BCUT2D eigenvalue weighted by molar-refractivity contribution is -0.123. The maximum Gasteiger partial charge on any atom is 0.257 e. The van der Waals surface area contributed by atoms with Gasteiger partial charge in [0.1, 0.15) is 11.5 Å². The van der Waals surface area contributed by atoms with Gasteiger partial charge < -0.3 is 19.8 Å². The lowest BCUT2D eigenvalue weighted by Gasteiger charge is -2.07. The predicted molar refractivity (Wildman–Crippen MR) is 90.3 cm³/mol. The average Bonchev–Trinajstić information content (AvgIpc) is 3.12. The summed E-state index contributed by atoms with van der Waals surface area (Å²) in [4.78, 5) is 23.1. The third-order valence-corrected chi connectivity index (χ3v) is 3.03. The Morgan fingerprint density at radius 1 is 1.04 bits per heavy atom. The Labute approximate surface area is 140 Å². The van der Waals surface area contributed by atoms with Gasteiger partial charge >= 0.3 is 0 Å². The van der Waals surface area contributed by atoms with E-state index in [1.165, 1.54) is 6.08 Å². The summed E-state index contributed by atoms with van der Waals surface area (Å²) in [6.45, 7) is 0.919. The Balaban J connectivity index is 1.51. The molecule has 0 atom stereocenters. The summed E-state index contributed by atoms with van der Waals surface area (Å²) < 4.78 is 10.4. The summed E-state index contributed by atoms with van der Waals surface area (Å²) in [7, 11) is 0. The van der Waals surface area contributed by atoms with Gasteiger partial charge in [-0.2, -0.15) is 0 Å². The lowest BCUT2D eigenvalue weighted by atomic mass is 10.3. The minimum Gasteiger partial charge on any atom is -0.484 e. The summed E-state index contributed by atoms with van der Waals surface area (Å²) in [5, 5.41) is 5.46. The van der Waals surface area contributed by atoms with Gasteiger partial charge in [-0.3, -0.25) is 9.59 Å². The molecule has 0 unspecified atom stereocenters. The van der Waals surface area contributed by atoms with Gasteiger partial charge in [-0.25, -0.2) is 0 Å². The second kappa shape index (κ2) is 9.89. The van der Waals surface area contributed by atoms with Crippen molar-refractivity contribution in [3.8, 4) is 5.75 Å². The quantitative estimate of drug-likeness (QED) is 0.545. The third-order valence-electron chi connectivity index (χ3n) is 3.03. The van der Waals surface area contributed by atoms with E-state index in [9.17, 15) is 9.59 Å². The van der Waals surface area contributed by atoms with Crippen molar-refractivity contribution in [2.75, 3.05) is 19.7 Å². The van der Waals surface area contributed by atoms with E-state index in [1.54, 1.807) is 36.6 Å².